The Hall–Kier alpha value is -2.55. The van der Waals surface area contributed by atoms with E-state index in [1.54, 1.807) is 16.2 Å². The molecule has 0 saturated carbocycles. The van der Waals surface area contributed by atoms with Gasteiger partial charge in [0.25, 0.3) is 0 Å². The van der Waals surface area contributed by atoms with Crippen LogP contribution in [-0.4, -0.2) is 36.2 Å². The van der Waals surface area contributed by atoms with Crippen LogP contribution in [0.5, 0.6) is 5.75 Å². The summed E-state index contributed by atoms with van der Waals surface area (Å²) >= 11 is 1.63. The summed E-state index contributed by atoms with van der Waals surface area (Å²) in [7, 11) is 0. The van der Waals surface area contributed by atoms with E-state index in [4.69, 9.17) is 0 Å². The molecule has 1 N–H and O–H groups in total. The van der Waals surface area contributed by atoms with E-state index in [0.29, 0.717) is 18.7 Å². The second-order valence-corrected chi connectivity index (χ2v) is 7.52. The Kier molecular flexibility index (Phi) is 6.23. The molecule has 1 saturated heterocycles. The molecule has 5 nitrogen and oxygen atoms in total. The first kappa shape index (κ1) is 20.2. The molecule has 28 heavy (non-hydrogen) atoms. The highest BCUT2D eigenvalue weighted by Crippen LogP contribution is 2.25. The lowest BCUT2D eigenvalue weighted by Crippen LogP contribution is -2.34. The van der Waals surface area contributed by atoms with Gasteiger partial charge in [-0.3, -0.25) is 9.59 Å². The molecule has 1 aromatic carbocycles. The van der Waals surface area contributed by atoms with E-state index in [-0.39, 0.29) is 30.5 Å². The molecule has 1 aliphatic rings. The van der Waals surface area contributed by atoms with Crippen LogP contribution in [0.4, 0.5) is 13.2 Å². The average molecular weight is 412 g/mol. The van der Waals surface area contributed by atoms with E-state index in [1.807, 2.05) is 17.5 Å². The van der Waals surface area contributed by atoms with Crippen molar-refractivity contribution in [1.29, 1.82) is 0 Å². The summed E-state index contributed by atoms with van der Waals surface area (Å²) in [6.07, 6.45) is -3.85. The number of nitrogens with zero attached hydrogens (tertiary/aromatic N) is 1. The smallest absolute Gasteiger partial charge is 0.406 e. The molecule has 9 heteroatoms. The third-order valence-corrected chi connectivity index (χ3v) is 5.30. The van der Waals surface area contributed by atoms with Crippen molar-refractivity contribution in [2.75, 3.05) is 13.1 Å². The largest absolute Gasteiger partial charge is 0.573 e. The molecule has 1 aromatic heterocycles. The Balaban J connectivity index is 1.48. The van der Waals surface area contributed by atoms with E-state index >= 15 is 0 Å². The fraction of sp³-hybridized carbons (Fsp3) is 0.368. The van der Waals surface area contributed by atoms with E-state index in [0.717, 1.165) is 6.42 Å². The molecule has 0 spiro atoms. The van der Waals surface area contributed by atoms with Crippen molar-refractivity contribution in [2.45, 2.75) is 25.7 Å². The van der Waals surface area contributed by atoms with Gasteiger partial charge in [-0.1, -0.05) is 18.2 Å². The van der Waals surface area contributed by atoms with Crippen LogP contribution in [0.3, 0.4) is 0 Å². The Labute approximate surface area is 164 Å². The van der Waals surface area contributed by atoms with Crippen molar-refractivity contribution in [3.05, 3.63) is 52.2 Å². The van der Waals surface area contributed by atoms with E-state index in [2.05, 4.69) is 10.1 Å². The Morgan fingerprint density at radius 1 is 1.25 bits per heavy atom. The number of amides is 2. The third kappa shape index (κ3) is 5.72. The first-order chi connectivity index (χ1) is 13.3. The monoisotopic (exact) mass is 412 g/mol. The van der Waals surface area contributed by atoms with Gasteiger partial charge in [-0.15, -0.1) is 24.5 Å². The summed E-state index contributed by atoms with van der Waals surface area (Å²) in [5.41, 5.74) is 0.668. The third-order valence-electron chi connectivity index (χ3n) is 4.37. The quantitative estimate of drug-likeness (QED) is 0.759. The van der Waals surface area contributed by atoms with Gasteiger partial charge in [-0.05, 0) is 35.6 Å². The van der Waals surface area contributed by atoms with Gasteiger partial charge in [-0.25, -0.2) is 0 Å². The van der Waals surface area contributed by atoms with Gasteiger partial charge in [-0.2, -0.15) is 0 Å². The first-order valence-corrected chi connectivity index (χ1v) is 9.61. The number of thiophene rings is 1. The highest BCUT2D eigenvalue weighted by Gasteiger charge is 2.34. The molecule has 0 radical (unpaired) electrons. The summed E-state index contributed by atoms with van der Waals surface area (Å²) in [6, 6.07) is 9.32. The van der Waals surface area contributed by atoms with Gasteiger partial charge in [0, 0.05) is 30.9 Å². The normalized spacial score (nSPS) is 17.0. The van der Waals surface area contributed by atoms with Crippen molar-refractivity contribution < 1.29 is 27.5 Å². The molecule has 2 aromatic rings. The highest BCUT2D eigenvalue weighted by atomic mass is 32.1. The number of alkyl halides is 3. The molecule has 2 heterocycles. The molecular formula is C19H19F3N2O3S. The summed E-state index contributed by atoms with van der Waals surface area (Å²) < 4.78 is 40.4. The lowest BCUT2D eigenvalue weighted by atomic mass is 10.1. The number of hydrogen-bond acceptors (Lipinski definition) is 4. The SMILES string of the molecule is O=C(NCCc1cccs1)C1CC(=O)N(Cc2ccc(OC(F)(F)F)cc2)C1. The number of hydrogen-bond donors (Lipinski definition) is 1. The van der Waals surface area contributed by atoms with Crippen LogP contribution < -0.4 is 10.1 Å². The van der Waals surface area contributed by atoms with Gasteiger partial charge in [0.2, 0.25) is 11.8 Å². The number of likely N-dealkylation sites (tertiary alicyclic amines) is 1. The fourth-order valence-corrected chi connectivity index (χ4v) is 3.73. The number of carbonyl (C=O) groups excluding carboxylic acids is 2. The van der Waals surface area contributed by atoms with Crippen molar-refractivity contribution in [3.63, 3.8) is 0 Å². The topological polar surface area (TPSA) is 58.6 Å². The number of ether oxygens (including phenoxy) is 1. The maximum absolute atomic E-state index is 12.3. The first-order valence-electron chi connectivity index (χ1n) is 8.73. The van der Waals surface area contributed by atoms with Crippen LogP contribution in [0.2, 0.25) is 0 Å². The zero-order valence-corrected chi connectivity index (χ0v) is 15.7. The van der Waals surface area contributed by atoms with Crippen molar-refractivity contribution in [1.82, 2.24) is 10.2 Å². The van der Waals surface area contributed by atoms with Gasteiger partial charge in [0.15, 0.2) is 0 Å². The van der Waals surface area contributed by atoms with Crippen LogP contribution in [0.15, 0.2) is 41.8 Å². The molecule has 1 unspecified atom stereocenters. The predicted molar refractivity (Wildman–Crippen MR) is 97.7 cm³/mol. The minimum atomic E-state index is -4.74. The van der Waals surface area contributed by atoms with Crippen molar-refractivity contribution in [2.24, 2.45) is 5.92 Å². The van der Waals surface area contributed by atoms with Crippen molar-refractivity contribution >= 4 is 23.2 Å². The van der Waals surface area contributed by atoms with Crippen molar-refractivity contribution in [3.8, 4) is 5.75 Å². The zero-order valence-electron chi connectivity index (χ0n) is 14.9. The van der Waals surface area contributed by atoms with Crippen LogP contribution >= 0.6 is 11.3 Å². The molecule has 1 atom stereocenters. The highest BCUT2D eigenvalue weighted by molar-refractivity contribution is 7.09. The molecule has 1 fully saturated rings. The number of halogens is 3. The summed E-state index contributed by atoms with van der Waals surface area (Å²) in [6.45, 7) is 1.05. The number of rotatable bonds is 7. The van der Waals surface area contributed by atoms with Crippen LogP contribution in [-0.2, 0) is 22.6 Å². The molecule has 3 rings (SSSR count). The maximum atomic E-state index is 12.3. The molecule has 0 bridgehead atoms. The predicted octanol–water partition coefficient (Wildman–Crippen LogP) is 3.35. The minimum absolute atomic E-state index is 0.139. The second-order valence-electron chi connectivity index (χ2n) is 6.49. The lowest BCUT2D eigenvalue weighted by molar-refractivity contribution is -0.274. The molecular weight excluding hydrogens is 393 g/mol. The summed E-state index contributed by atoms with van der Waals surface area (Å²) in [5.74, 6) is -1.02. The van der Waals surface area contributed by atoms with Crippen LogP contribution in [0.1, 0.15) is 16.9 Å². The van der Waals surface area contributed by atoms with E-state index < -0.39 is 12.3 Å². The minimum Gasteiger partial charge on any atom is -0.406 e. The van der Waals surface area contributed by atoms with Gasteiger partial charge in [0.05, 0.1) is 5.92 Å². The molecule has 150 valence electrons. The van der Waals surface area contributed by atoms with Gasteiger partial charge >= 0.3 is 6.36 Å². The number of benzene rings is 1. The van der Waals surface area contributed by atoms with Crippen LogP contribution in [0, 0.1) is 5.92 Å². The van der Waals surface area contributed by atoms with Gasteiger partial charge < -0.3 is 15.0 Å². The molecule has 1 aliphatic heterocycles. The lowest BCUT2D eigenvalue weighted by Gasteiger charge is -2.17. The number of carbonyl (C=O) groups is 2. The molecule has 0 aliphatic carbocycles. The van der Waals surface area contributed by atoms with E-state index in [1.165, 1.54) is 29.1 Å². The maximum Gasteiger partial charge on any atom is 0.573 e. The fourth-order valence-electron chi connectivity index (χ4n) is 3.03. The van der Waals surface area contributed by atoms with Crippen LogP contribution in [0.25, 0.3) is 0 Å². The van der Waals surface area contributed by atoms with Gasteiger partial charge in [0.1, 0.15) is 5.75 Å². The Morgan fingerprint density at radius 3 is 2.64 bits per heavy atom. The van der Waals surface area contributed by atoms with E-state index in [9.17, 15) is 22.8 Å². The summed E-state index contributed by atoms with van der Waals surface area (Å²) in [4.78, 5) is 27.2. The zero-order chi connectivity index (χ0) is 20.1. The standard InChI is InChI=1S/C19H19F3N2O3S/c20-19(21,22)27-15-5-3-13(4-6-15)11-24-12-14(10-17(24)25)18(26)23-8-7-16-2-1-9-28-16/h1-6,9,14H,7-8,10-12H2,(H,23,26). The average Bonchev–Trinajstić information content (AvgIpc) is 3.26. The molecule has 2 amide bonds. The summed E-state index contributed by atoms with van der Waals surface area (Å²) in [5, 5.41) is 4.84. The second kappa shape index (κ2) is 8.64. The Bertz CT molecular complexity index is 807. The Morgan fingerprint density at radius 2 is 2.00 bits per heavy atom. The number of nitrogens with one attached hydrogen (secondary N) is 1.